The number of nitrogens with two attached hydrogens (primary N) is 1. The van der Waals surface area contributed by atoms with Gasteiger partial charge in [0.25, 0.3) is 0 Å². The summed E-state index contributed by atoms with van der Waals surface area (Å²) in [7, 11) is -3.82. The highest BCUT2D eigenvalue weighted by molar-refractivity contribution is 7.89. The fraction of sp³-hybridized carbons (Fsp3) is 0.500. The summed E-state index contributed by atoms with van der Waals surface area (Å²) in [6.45, 7) is 4.34. The number of hydrogen-bond donors (Lipinski definition) is 1. The predicted molar refractivity (Wildman–Crippen MR) is 72.6 cm³/mol. The molecule has 0 saturated carbocycles. The first-order valence-electron chi connectivity index (χ1n) is 5.82. The van der Waals surface area contributed by atoms with Crippen LogP contribution in [0.4, 0.5) is 0 Å². The maximum Gasteiger partial charge on any atom is 0.241 e. The van der Waals surface area contributed by atoms with Crippen LogP contribution in [0.1, 0.15) is 31.7 Å². The first-order chi connectivity index (χ1) is 8.36. The van der Waals surface area contributed by atoms with Crippen molar-refractivity contribution >= 4 is 21.6 Å². The van der Waals surface area contributed by atoms with Crippen molar-refractivity contribution < 1.29 is 13.2 Å². The van der Waals surface area contributed by atoms with Gasteiger partial charge in [0.05, 0.1) is 6.61 Å². The molecule has 1 rings (SSSR count). The van der Waals surface area contributed by atoms with Crippen molar-refractivity contribution in [1.29, 1.82) is 0 Å². The van der Waals surface area contributed by atoms with E-state index in [0.717, 1.165) is 24.8 Å². The Kier molecular flexibility index (Phi) is 5.44. The molecule has 0 heterocycles. The molecule has 0 bridgehead atoms. The van der Waals surface area contributed by atoms with Crippen molar-refractivity contribution in [3.63, 3.8) is 0 Å². The molecule has 0 aliphatic heterocycles. The lowest BCUT2D eigenvalue weighted by atomic mass is 10.2. The van der Waals surface area contributed by atoms with E-state index in [-0.39, 0.29) is 10.6 Å². The molecule has 0 aliphatic carbocycles. The lowest BCUT2D eigenvalue weighted by Gasteiger charge is -2.12. The minimum absolute atomic E-state index is 0.0606. The summed E-state index contributed by atoms with van der Waals surface area (Å²) in [6, 6.07) is 2.94. The van der Waals surface area contributed by atoms with E-state index >= 15 is 0 Å². The van der Waals surface area contributed by atoms with Crippen LogP contribution in [0.5, 0.6) is 5.75 Å². The highest BCUT2D eigenvalue weighted by Crippen LogP contribution is 2.29. The maximum atomic E-state index is 11.4. The molecule has 6 heteroatoms. The van der Waals surface area contributed by atoms with Gasteiger partial charge in [-0.2, -0.15) is 0 Å². The van der Waals surface area contributed by atoms with Gasteiger partial charge in [0.15, 0.2) is 0 Å². The van der Waals surface area contributed by atoms with Crippen molar-refractivity contribution in [2.45, 2.75) is 38.0 Å². The smallest absolute Gasteiger partial charge is 0.241 e. The molecule has 18 heavy (non-hydrogen) atoms. The molecule has 0 fully saturated rings. The van der Waals surface area contributed by atoms with E-state index in [0.29, 0.717) is 11.6 Å². The first kappa shape index (κ1) is 15.3. The zero-order valence-electron chi connectivity index (χ0n) is 10.6. The molecule has 0 radical (unpaired) electrons. The van der Waals surface area contributed by atoms with E-state index in [1.807, 2.05) is 0 Å². The van der Waals surface area contributed by atoms with Gasteiger partial charge in [0.2, 0.25) is 10.0 Å². The van der Waals surface area contributed by atoms with E-state index in [4.69, 9.17) is 21.5 Å². The number of primary sulfonamides is 1. The third kappa shape index (κ3) is 4.15. The zero-order valence-corrected chi connectivity index (χ0v) is 12.1. The molecule has 102 valence electrons. The Labute approximate surface area is 113 Å². The van der Waals surface area contributed by atoms with Gasteiger partial charge < -0.3 is 4.74 Å². The minimum Gasteiger partial charge on any atom is -0.492 e. The number of unbranched alkanes of at least 4 members (excludes halogenated alkanes) is 2. The molecule has 1 aromatic carbocycles. The third-order valence-corrected chi connectivity index (χ3v) is 3.88. The second-order valence-corrected chi connectivity index (χ2v) is 6.09. The third-order valence-electron chi connectivity index (χ3n) is 2.54. The van der Waals surface area contributed by atoms with Gasteiger partial charge in [0.1, 0.15) is 10.6 Å². The van der Waals surface area contributed by atoms with Gasteiger partial charge in [-0.15, -0.1) is 0 Å². The summed E-state index contributed by atoms with van der Waals surface area (Å²) in [6.07, 6.45) is 2.99. The fourth-order valence-electron chi connectivity index (χ4n) is 1.51. The van der Waals surface area contributed by atoms with Gasteiger partial charge in [-0.1, -0.05) is 31.4 Å². The van der Waals surface area contributed by atoms with Crippen LogP contribution in [0.15, 0.2) is 17.0 Å². The Morgan fingerprint density at radius 2 is 2.00 bits per heavy atom. The van der Waals surface area contributed by atoms with Gasteiger partial charge >= 0.3 is 0 Å². The Morgan fingerprint density at radius 1 is 1.33 bits per heavy atom. The normalized spacial score (nSPS) is 11.6. The topological polar surface area (TPSA) is 69.4 Å². The van der Waals surface area contributed by atoms with Crippen LogP contribution >= 0.6 is 11.6 Å². The molecule has 4 nitrogen and oxygen atoms in total. The first-order valence-corrected chi connectivity index (χ1v) is 7.74. The lowest BCUT2D eigenvalue weighted by molar-refractivity contribution is 0.298. The van der Waals surface area contributed by atoms with Crippen molar-refractivity contribution in [1.82, 2.24) is 0 Å². The number of benzene rings is 1. The molecule has 0 aromatic heterocycles. The van der Waals surface area contributed by atoms with E-state index in [9.17, 15) is 8.42 Å². The van der Waals surface area contributed by atoms with Crippen LogP contribution in [-0.4, -0.2) is 15.0 Å². The second-order valence-electron chi connectivity index (χ2n) is 4.15. The maximum absolute atomic E-state index is 11.4. The van der Waals surface area contributed by atoms with Crippen LogP contribution < -0.4 is 9.88 Å². The van der Waals surface area contributed by atoms with Gasteiger partial charge in [-0.3, -0.25) is 0 Å². The largest absolute Gasteiger partial charge is 0.492 e. The number of hydrogen-bond acceptors (Lipinski definition) is 3. The standard InChI is InChI=1S/C12H18ClNO3S/c1-3-4-5-6-17-11-7-9(2)10(13)8-12(11)18(14,15)16/h7-8H,3-6H2,1-2H3,(H2,14,15,16). The minimum atomic E-state index is -3.82. The molecule has 0 spiro atoms. The predicted octanol–water partition coefficient (Wildman–Crippen LogP) is 2.86. The van der Waals surface area contributed by atoms with E-state index in [1.54, 1.807) is 13.0 Å². The van der Waals surface area contributed by atoms with Crippen LogP contribution in [0.25, 0.3) is 0 Å². The highest BCUT2D eigenvalue weighted by atomic mass is 35.5. The number of halogens is 1. The average Bonchev–Trinajstić information content (AvgIpc) is 2.27. The average molecular weight is 292 g/mol. The van der Waals surface area contributed by atoms with Gasteiger partial charge in [0, 0.05) is 5.02 Å². The Bertz CT molecular complexity index is 514. The summed E-state index contributed by atoms with van der Waals surface area (Å²) < 4.78 is 28.4. The zero-order chi connectivity index (χ0) is 13.8. The molecule has 2 N–H and O–H groups in total. The number of aryl methyl sites for hydroxylation is 1. The number of rotatable bonds is 6. The van der Waals surface area contributed by atoms with Crippen molar-refractivity contribution in [3.05, 3.63) is 22.7 Å². The highest BCUT2D eigenvalue weighted by Gasteiger charge is 2.17. The van der Waals surface area contributed by atoms with Crippen molar-refractivity contribution in [2.24, 2.45) is 5.14 Å². The van der Waals surface area contributed by atoms with Crippen molar-refractivity contribution in [3.8, 4) is 5.75 Å². The summed E-state index contributed by atoms with van der Waals surface area (Å²) in [4.78, 5) is -0.0606. The van der Waals surface area contributed by atoms with Gasteiger partial charge in [-0.25, -0.2) is 13.6 Å². The second kappa shape index (κ2) is 6.41. The van der Waals surface area contributed by atoms with Crippen LogP contribution in [-0.2, 0) is 10.0 Å². The van der Waals surface area contributed by atoms with Crippen LogP contribution in [0.2, 0.25) is 5.02 Å². The quantitative estimate of drug-likeness (QED) is 0.819. The van der Waals surface area contributed by atoms with Crippen LogP contribution in [0.3, 0.4) is 0 Å². The fourth-order valence-corrected chi connectivity index (χ4v) is 2.41. The molecule has 0 atom stereocenters. The lowest BCUT2D eigenvalue weighted by Crippen LogP contribution is -2.14. The van der Waals surface area contributed by atoms with E-state index < -0.39 is 10.0 Å². The summed E-state index contributed by atoms with van der Waals surface area (Å²) in [5.74, 6) is 0.274. The monoisotopic (exact) mass is 291 g/mol. The van der Waals surface area contributed by atoms with Crippen molar-refractivity contribution in [2.75, 3.05) is 6.61 Å². The van der Waals surface area contributed by atoms with Gasteiger partial charge in [-0.05, 0) is 31.0 Å². The molecule has 0 amide bonds. The Hall–Kier alpha value is -0.780. The summed E-state index contributed by atoms with van der Waals surface area (Å²) in [5, 5.41) is 5.50. The van der Waals surface area contributed by atoms with E-state index in [1.165, 1.54) is 6.07 Å². The summed E-state index contributed by atoms with van der Waals surface area (Å²) >= 11 is 5.90. The molecular formula is C12H18ClNO3S. The Balaban J connectivity index is 2.98. The number of sulfonamides is 1. The molecular weight excluding hydrogens is 274 g/mol. The summed E-state index contributed by atoms with van der Waals surface area (Å²) in [5.41, 5.74) is 0.759. The molecule has 0 aliphatic rings. The van der Waals surface area contributed by atoms with Crippen LogP contribution in [0, 0.1) is 6.92 Å². The molecule has 0 unspecified atom stereocenters. The SMILES string of the molecule is CCCCCOc1cc(C)c(Cl)cc1S(N)(=O)=O. The molecule has 0 saturated heterocycles. The Morgan fingerprint density at radius 3 is 2.56 bits per heavy atom. The van der Waals surface area contributed by atoms with E-state index in [2.05, 4.69) is 6.92 Å². The number of ether oxygens (including phenoxy) is 1. The molecule has 1 aromatic rings.